The third kappa shape index (κ3) is 4.51. The Balaban J connectivity index is 2.72. The molecule has 0 aliphatic rings. The molecule has 96 valence electrons. The Morgan fingerprint density at radius 1 is 1.24 bits per heavy atom. The first-order valence-electron chi connectivity index (χ1n) is 4.80. The zero-order chi connectivity index (χ0) is 12.9. The molecule has 5 nitrogen and oxygen atoms in total. The van der Waals surface area contributed by atoms with Crippen LogP contribution in [0.3, 0.4) is 0 Å². The van der Waals surface area contributed by atoms with Crippen molar-refractivity contribution in [2.24, 2.45) is 0 Å². The van der Waals surface area contributed by atoms with Gasteiger partial charge in [0.1, 0.15) is 0 Å². The number of nitrogens with one attached hydrogen (secondary N) is 1. The highest BCUT2D eigenvalue weighted by Crippen LogP contribution is 2.11. The molecule has 1 N–H and O–H groups in total. The number of methoxy groups -OCH3 is 2. The quantitative estimate of drug-likeness (QED) is 0.603. The maximum atomic E-state index is 11.9. The lowest BCUT2D eigenvalue weighted by molar-refractivity contribution is -0.0960. The predicted octanol–water partition coefficient (Wildman–Crippen LogP) is 1.19. The minimum atomic E-state index is -3.51. The van der Waals surface area contributed by atoms with Gasteiger partial charge in [-0.1, -0.05) is 0 Å². The van der Waals surface area contributed by atoms with Crippen LogP contribution >= 0.6 is 22.6 Å². The average Bonchev–Trinajstić information content (AvgIpc) is 2.31. The molecule has 0 aromatic heterocycles. The van der Waals surface area contributed by atoms with Crippen LogP contribution in [0.2, 0.25) is 0 Å². The predicted molar refractivity (Wildman–Crippen MR) is 72.2 cm³/mol. The second-order valence-corrected chi connectivity index (χ2v) is 6.22. The number of hydrogen-bond donors (Lipinski definition) is 1. The third-order valence-electron chi connectivity index (χ3n) is 2.09. The van der Waals surface area contributed by atoms with Gasteiger partial charge in [0.05, 0.1) is 11.4 Å². The number of rotatable bonds is 6. The van der Waals surface area contributed by atoms with Crippen molar-refractivity contribution in [3.63, 3.8) is 0 Å². The molecule has 1 rings (SSSR count). The van der Waals surface area contributed by atoms with Crippen molar-refractivity contribution in [1.82, 2.24) is 4.72 Å². The Hall–Kier alpha value is -0.220. The fourth-order valence-electron chi connectivity index (χ4n) is 1.14. The van der Waals surface area contributed by atoms with Crippen LogP contribution in [0.15, 0.2) is 29.2 Å². The van der Waals surface area contributed by atoms with Crippen molar-refractivity contribution in [2.45, 2.75) is 11.2 Å². The van der Waals surface area contributed by atoms with Gasteiger partial charge < -0.3 is 9.47 Å². The van der Waals surface area contributed by atoms with Crippen molar-refractivity contribution in [3.8, 4) is 0 Å². The van der Waals surface area contributed by atoms with E-state index in [1.165, 1.54) is 14.2 Å². The molecular weight excluding hydrogens is 357 g/mol. The van der Waals surface area contributed by atoms with Crippen molar-refractivity contribution in [2.75, 3.05) is 20.8 Å². The van der Waals surface area contributed by atoms with E-state index in [9.17, 15) is 8.42 Å². The smallest absolute Gasteiger partial charge is 0.240 e. The number of sulfonamides is 1. The summed E-state index contributed by atoms with van der Waals surface area (Å²) in [5, 5.41) is 0. The number of ether oxygens (including phenoxy) is 2. The topological polar surface area (TPSA) is 64.6 Å². The molecule has 17 heavy (non-hydrogen) atoms. The minimum Gasteiger partial charge on any atom is -0.355 e. The zero-order valence-electron chi connectivity index (χ0n) is 9.51. The van der Waals surface area contributed by atoms with Crippen LogP contribution < -0.4 is 4.72 Å². The standard InChI is InChI=1S/C10H14INO4S/c1-15-10(16-2)7-12-17(13,14)9-5-3-8(11)4-6-9/h3-6,10,12H,7H2,1-2H3. The molecule has 0 bridgehead atoms. The Kier molecular flexibility index (Phi) is 5.80. The molecule has 0 amide bonds. The van der Waals surface area contributed by atoms with E-state index in [0.717, 1.165) is 3.57 Å². The van der Waals surface area contributed by atoms with E-state index in [-0.39, 0.29) is 11.4 Å². The Labute approximate surface area is 115 Å². The summed E-state index contributed by atoms with van der Waals surface area (Å²) in [6.45, 7) is 0.0708. The van der Waals surface area contributed by atoms with E-state index >= 15 is 0 Å². The van der Waals surface area contributed by atoms with Crippen LogP contribution in [0.25, 0.3) is 0 Å². The van der Waals surface area contributed by atoms with Gasteiger partial charge in [-0.3, -0.25) is 0 Å². The maximum Gasteiger partial charge on any atom is 0.240 e. The lowest BCUT2D eigenvalue weighted by Crippen LogP contribution is -2.34. The summed E-state index contributed by atoms with van der Waals surface area (Å²) in [6, 6.07) is 6.58. The van der Waals surface area contributed by atoms with E-state index in [1.807, 2.05) is 0 Å². The van der Waals surface area contributed by atoms with Gasteiger partial charge in [-0.25, -0.2) is 13.1 Å². The first kappa shape index (κ1) is 14.8. The number of hydrogen-bond acceptors (Lipinski definition) is 4. The molecule has 0 aliphatic heterocycles. The first-order chi connectivity index (χ1) is 7.99. The van der Waals surface area contributed by atoms with Crippen LogP contribution in [0.1, 0.15) is 0 Å². The monoisotopic (exact) mass is 371 g/mol. The SMILES string of the molecule is COC(CNS(=O)(=O)c1ccc(I)cc1)OC. The molecule has 0 unspecified atom stereocenters. The number of halogens is 1. The van der Waals surface area contributed by atoms with Crippen LogP contribution in [-0.2, 0) is 19.5 Å². The second-order valence-electron chi connectivity index (χ2n) is 3.21. The van der Waals surface area contributed by atoms with Gasteiger partial charge in [0, 0.05) is 17.8 Å². The average molecular weight is 371 g/mol. The van der Waals surface area contributed by atoms with E-state index in [4.69, 9.17) is 9.47 Å². The van der Waals surface area contributed by atoms with Crippen molar-refractivity contribution in [3.05, 3.63) is 27.8 Å². The van der Waals surface area contributed by atoms with Gasteiger partial charge >= 0.3 is 0 Å². The molecule has 0 heterocycles. The molecule has 0 aliphatic carbocycles. The van der Waals surface area contributed by atoms with E-state index in [1.54, 1.807) is 24.3 Å². The van der Waals surface area contributed by atoms with Gasteiger partial charge in [0.15, 0.2) is 6.29 Å². The zero-order valence-corrected chi connectivity index (χ0v) is 12.5. The summed E-state index contributed by atoms with van der Waals surface area (Å²) in [5.41, 5.74) is 0. The van der Waals surface area contributed by atoms with Crippen LogP contribution in [0.4, 0.5) is 0 Å². The van der Waals surface area contributed by atoms with Gasteiger partial charge in [-0.15, -0.1) is 0 Å². The molecule has 1 aromatic carbocycles. The van der Waals surface area contributed by atoms with E-state index < -0.39 is 16.3 Å². The molecule has 7 heteroatoms. The highest BCUT2D eigenvalue weighted by molar-refractivity contribution is 14.1. The lowest BCUT2D eigenvalue weighted by atomic mass is 10.4. The summed E-state index contributed by atoms with van der Waals surface area (Å²) in [6.07, 6.45) is -0.589. The molecular formula is C10H14INO4S. The van der Waals surface area contributed by atoms with Gasteiger partial charge in [0.25, 0.3) is 0 Å². The lowest BCUT2D eigenvalue weighted by Gasteiger charge is -2.14. The Morgan fingerprint density at radius 3 is 2.24 bits per heavy atom. The van der Waals surface area contributed by atoms with Crippen molar-refractivity contribution < 1.29 is 17.9 Å². The summed E-state index contributed by atoms with van der Waals surface area (Å²) < 4.78 is 36.9. The molecule has 1 aromatic rings. The summed E-state index contributed by atoms with van der Waals surface area (Å²) in [5.74, 6) is 0. The van der Waals surface area contributed by atoms with Crippen LogP contribution in [0, 0.1) is 3.57 Å². The molecule has 0 saturated heterocycles. The van der Waals surface area contributed by atoms with Crippen LogP contribution in [0.5, 0.6) is 0 Å². The Morgan fingerprint density at radius 2 is 1.76 bits per heavy atom. The van der Waals surface area contributed by atoms with Gasteiger partial charge in [0.2, 0.25) is 10.0 Å². The fourth-order valence-corrected chi connectivity index (χ4v) is 2.51. The van der Waals surface area contributed by atoms with Crippen LogP contribution in [-0.4, -0.2) is 35.5 Å². The van der Waals surface area contributed by atoms with E-state index in [2.05, 4.69) is 27.3 Å². The highest BCUT2D eigenvalue weighted by atomic mass is 127. The van der Waals surface area contributed by atoms with Gasteiger partial charge in [-0.05, 0) is 46.9 Å². The van der Waals surface area contributed by atoms with Crippen molar-refractivity contribution >= 4 is 32.6 Å². The third-order valence-corrected chi connectivity index (χ3v) is 4.25. The highest BCUT2D eigenvalue weighted by Gasteiger charge is 2.16. The Bertz CT molecular complexity index is 442. The molecule has 0 saturated carbocycles. The van der Waals surface area contributed by atoms with E-state index in [0.29, 0.717) is 0 Å². The molecule has 0 radical (unpaired) electrons. The number of benzene rings is 1. The minimum absolute atomic E-state index is 0.0708. The fraction of sp³-hybridized carbons (Fsp3) is 0.400. The molecule has 0 fully saturated rings. The normalized spacial score (nSPS) is 12.0. The van der Waals surface area contributed by atoms with Crippen molar-refractivity contribution in [1.29, 1.82) is 0 Å². The summed E-state index contributed by atoms with van der Waals surface area (Å²) in [7, 11) is -0.602. The first-order valence-corrected chi connectivity index (χ1v) is 7.36. The summed E-state index contributed by atoms with van der Waals surface area (Å²) in [4.78, 5) is 0.226. The molecule has 0 atom stereocenters. The summed E-state index contributed by atoms with van der Waals surface area (Å²) >= 11 is 2.11. The van der Waals surface area contributed by atoms with Gasteiger partial charge in [-0.2, -0.15) is 0 Å². The molecule has 0 spiro atoms. The maximum absolute atomic E-state index is 11.9. The second kappa shape index (κ2) is 6.64. The largest absolute Gasteiger partial charge is 0.355 e.